The molecule has 2 nitrogen and oxygen atoms in total. The number of rotatable bonds is 5. The minimum absolute atomic E-state index is 0.841. The maximum atomic E-state index is 3.72. The summed E-state index contributed by atoms with van der Waals surface area (Å²) in [7, 11) is 0. The summed E-state index contributed by atoms with van der Waals surface area (Å²) in [6.45, 7) is 4.41. The van der Waals surface area contributed by atoms with Crippen molar-refractivity contribution in [2.45, 2.75) is 57.7 Å². The van der Waals surface area contributed by atoms with Crippen molar-refractivity contribution < 1.29 is 0 Å². The van der Waals surface area contributed by atoms with Crippen LogP contribution in [-0.2, 0) is 6.54 Å². The minimum Gasteiger partial charge on any atom is -0.312 e. The van der Waals surface area contributed by atoms with Gasteiger partial charge in [-0.15, -0.1) is 11.3 Å². The van der Waals surface area contributed by atoms with E-state index in [1.807, 2.05) is 11.3 Å². The minimum atomic E-state index is 0.841. The molecule has 2 N–H and O–H groups in total. The highest BCUT2D eigenvalue weighted by Gasteiger charge is 2.32. The number of fused-ring (bicyclic) bond motifs is 2. The van der Waals surface area contributed by atoms with Crippen molar-refractivity contribution in [2.24, 2.45) is 5.92 Å². The van der Waals surface area contributed by atoms with Crippen molar-refractivity contribution in [1.29, 1.82) is 0 Å². The lowest BCUT2D eigenvalue weighted by Gasteiger charge is -2.29. The molecular weight excluding hydrogens is 240 g/mol. The molecular formula is C15H24N2S. The molecule has 3 heteroatoms. The van der Waals surface area contributed by atoms with Crippen LogP contribution in [0.4, 0.5) is 0 Å². The topological polar surface area (TPSA) is 24.1 Å². The van der Waals surface area contributed by atoms with E-state index in [-0.39, 0.29) is 0 Å². The summed E-state index contributed by atoms with van der Waals surface area (Å²) in [5.41, 5.74) is 0. The summed E-state index contributed by atoms with van der Waals surface area (Å²) in [4.78, 5) is 2.89. The Kier molecular flexibility index (Phi) is 4.02. The Labute approximate surface area is 114 Å². The zero-order valence-corrected chi connectivity index (χ0v) is 12.1. The first-order valence-corrected chi connectivity index (χ1v) is 8.13. The van der Waals surface area contributed by atoms with E-state index in [1.54, 1.807) is 0 Å². The van der Waals surface area contributed by atoms with E-state index in [4.69, 9.17) is 0 Å². The van der Waals surface area contributed by atoms with Gasteiger partial charge in [0.2, 0.25) is 0 Å². The quantitative estimate of drug-likeness (QED) is 0.799. The summed E-state index contributed by atoms with van der Waals surface area (Å²) in [6.07, 6.45) is 7.03. The fourth-order valence-corrected chi connectivity index (χ4v) is 4.37. The average molecular weight is 264 g/mol. The van der Waals surface area contributed by atoms with E-state index < -0.39 is 0 Å². The van der Waals surface area contributed by atoms with Crippen LogP contribution in [0, 0.1) is 12.8 Å². The molecule has 2 saturated heterocycles. The van der Waals surface area contributed by atoms with Crippen LogP contribution in [0.5, 0.6) is 0 Å². The van der Waals surface area contributed by atoms with E-state index in [0.29, 0.717) is 0 Å². The second kappa shape index (κ2) is 5.72. The van der Waals surface area contributed by atoms with Crippen molar-refractivity contribution in [1.82, 2.24) is 10.6 Å². The Morgan fingerprint density at radius 2 is 2.06 bits per heavy atom. The van der Waals surface area contributed by atoms with Crippen LogP contribution < -0.4 is 10.6 Å². The maximum Gasteiger partial charge on any atom is 0.0299 e. The lowest BCUT2D eigenvalue weighted by molar-refractivity contribution is 0.283. The average Bonchev–Trinajstić information content (AvgIpc) is 2.91. The second-order valence-electron chi connectivity index (χ2n) is 5.95. The standard InChI is InChI=1S/C15H24N2S/c1-11-2-5-15(18-11)10-16-7-6-12-8-13-3-4-14(9-12)17-13/h2,5,12-14,16-17H,3-4,6-10H2,1H3. The molecule has 3 rings (SSSR count). The van der Waals surface area contributed by atoms with Crippen molar-refractivity contribution in [2.75, 3.05) is 6.54 Å². The smallest absolute Gasteiger partial charge is 0.0299 e. The monoisotopic (exact) mass is 264 g/mol. The first kappa shape index (κ1) is 12.6. The lowest BCUT2D eigenvalue weighted by atomic mass is 9.90. The normalized spacial score (nSPS) is 30.8. The van der Waals surface area contributed by atoms with Gasteiger partial charge in [-0.05, 0) is 63.6 Å². The third kappa shape index (κ3) is 3.14. The van der Waals surface area contributed by atoms with Gasteiger partial charge in [-0.2, -0.15) is 0 Å². The Balaban J connectivity index is 1.35. The molecule has 100 valence electrons. The van der Waals surface area contributed by atoms with E-state index >= 15 is 0 Å². The zero-order chi connectivity index (χ0) is 12.4. The van der Waals surface area contributed by atoms with E-state index in [1.165, 1.54) is 48.4 Å². The fraction of sp³-hybridized carbons (Fsp3) is 0.733. The van der Waals surface area contributed by atoms with Crippen LogP contribution in [0.15, 0.2) is 12.1 Å². The van der Waals surface area contributed by atoms with Crippen LogP contribution in [0.2, 0.25) is 0 Å². The summed E-state index contributed by atoms with van der Waals surface area (Å²) in [5.74, 6) is 0.960. The molecule has 0 radical (unpaired) electrons. The Hall–Kier alpha value is -0.380. The van der Waals surface area contributed by atoms with Gasteiger partial charge >= 0.3 is 0 Å². The number of piperidine rings is 1. The van der Waals surface area contributed by atoms with E-state index in [2.05, 4.69) is 29.7 Å². The third-order valence-corrected chi connectivity index (χ3v) is 5.40. The van der Waals surface area contributed by atoms with Crippen molar-refractivity contribution in [3.63, 3.8) is 0 Å². The largest absolute Gasteiger partial charge is 0.312 e. The van der Waals surface area contributed by atoms with Crippen LogP contribution in [0.3, 0.4) is 0 Å². The number of hydrogen-bond donors (Lipinski definition) is 2. The number of hydrogen-bond acceptors (Lipinski definition) is 3. The summed E-state index contributed by atoms with van der Waals surface area (Å²) >= 11 is 1.91. The van der Waals surface area contributed by atoms with Crippen LogP contribution in [0.1, 0.15) is 41.9 Å². The van der Waals surface area contributed by atoms with Gasteiger partial charge in [-0.1, -0.05) is 0 Å². The highest BCUT2D eigenvalue weighted by atomic mass is 32.1. The molecule has 2 aliphatic heterocycles. The molecule has 0 aliphatic carbocycles. The second-order valence-corrected chi connectivity index (χ2v) is 7.33. The van der Waals surface area contributed by atoms with Crippen molar-refractivity contribution >= 4 is 11.3 Å². The zero-order valence-electron chi connectivity index (χ0n) is 11.2. The maximum absolute atomic E-state index is 3.72. The molecule has 2 atom stereocenters. The van der Waals surface area contributed by atoms with Gasteiger partial charge in [0.1, 0.15) is 0 Å². The molecule has 2 bridgehead atoms. The summed E-state index contributed by atoms with van der Waals surface area (Å²) < 4.78 is 0. The molecule has 0 amide bonds. The van der Waals surface area contributed by atoms with Gasteiger partial charge in [0.25, 0.3) is 0 Å². The molecule has 0 spiro atoms. The molecule has 2 unspecified atom stereocenters. The first-order valence-electron chi connectivity index (χ1n) is 7.31. The molecule has 2 aliphatic rings. The van der Waals surface area contributed by atoms with Gasteiger partial charge < -0.3 is 10.6 Å². The first-order chi connectivity index (χ1) is 8.79. The predicted molar refractivity (Wildman–Crippen MR) is 78.0 cm³/mol. The van der Waals surface area contributed by atoms with E-state index in [9.17, 15) is 0 Å². The summed E-state index contributed by atoms with van der Waals surface area (Å²) in [5, 5.41) is 7.32. The molecule has 0 saturated carbocycles. The molecule has 1 aromatic rings. The lowest BCUT2D eigenvalue weighted by Crippen LogP contribution is -2.38. The number of aryl methyl sites for hydroxylation is 1. The van der Waals surface area contributed by atoms with Crippen molar-refractivity contribution in [3.8, 4) is 0 Å². The number of thiophene rings is 1. The Morgan fingerprint density at radius 3 is 2.72 bits per heavy atom. The van der Waals surface area contributed by atoms with Crippen LogP contribution in [0.25, 0.3) is 0 Å². The van der Waals surface area contributed by atoms with Gasteiger partial charge in [-0.3, -0.25) is 0 Å². The highest BCUT2D eigenvalue weighted by molar-refractivity contribution is 7.11. The SMILES string of the molecule is Cc1ccc(CNCCC2CC3CCC(C2)N3)s1. The van der Waals surface area contributed by atoms with E-state index in [0.717, 1.165) is 24.5 Å². The van der Waals surface area contributed by atoms with Gasteiger partial charge in [0.05, 0.1) is 0 Å². The van der Waals surface area contributed by atoms with Gasteiger partial charge in [-0.25, -0.2) is 0 Å². The predicted octanol–water partition coefficient (Wildman–Crippen LogP) is 3.07. The van der Waals surface area contributed by atoms with Gasteiger partial charge in [0.15, 0.2) is 0 Å². The molecule has 0 aromatic carbocycles. The van der Waals surface area contributed by atoms with Crippen LogP contribution >= 0.6 is 11.3 Å². The Bertz CT molecular complexity index is 376. The van der Waals surface area contributed by atoms with Crippen LogP contribution in [-0.4, -0.2) is 18.6 Å². The molecule has 2 fully saturated rings. The summed E-state index contributed by atoms with van der Waals surface area (Å²) in [6, 6.07) is 6.15. The fourth-order valence-electron chi connectivity index (χ4n) is 3.51. The highest BCUT2D eigenvalue weighted by Crippen LogP contribution is 2.32. The van der Waals surface area contributed by atoms with Crippen molar-refractivity contribution in [3.05, 3.63) is 21.9 Å². The number of nitrogens with one attached hydrogen (secondary N) is 2. The van der Waals surface area contributed by atoms with Gasteiger partial charge in [0, 0.05) is 28.4 Å². The Morgan fingerprint density at radius 1 is 1.28 bits per heavy atom. The molecule has 1 aromatic heterocycles. The third-order valence-electron chi connectivity index (χ3n) is 4.40. The molecule has 18 heavy (non-hydrogen) atoms. The molecule has 3 heterocycles.